The van der Waals surface area contributed by atoms with Crippen LogP contribution in [0.1, 0.15) is 18.4 Å². The van der Waals surface area contributed by atoms with Crippen molar-refractivity contribution in [2.24, 2.45) is 11.7 Å². The van der Waals surface area contributed by atoms with Crippen LogP contribution in [0.4, 0.5) is 0 Å². The van der Waals surface area contributed by atoms with E-state index in [1.165, 1.54) is 0 Å². The van der Waals surface area contributed by atoms with Gasteiger partial charge in [-0.3, -0.25) is 9.69 Å². The summed E-state index contributed by atoms with van der Waals surface area (Å²) in [6, 6.07) is 5.66. The molecule has 2 rings (SSSR count). The van der Waals surface area contributed by atoms with E-state index in [1.807, 2.05) is 12.1 Å². The fraction of sp³-hybridized carbons (Fsp3) is 0.533. The van der Waals surface area contributed by atoms with E-state index in [0.717, 1.165) is 38.0 Å². The van der Waals surface area contributed by atoms with Crippen LogP contribution < -0.4 is 11.1 Å². The van der Waals surface area contributed by atoms with Crippen LogP contribution in [0.2, 0.25) is 10.0 Å². The molecule has 3 N–H and O–H groups in total. The average Bonchev–Trinajstić information content (AvgIpc) is 2.50. The van der Waals surface area contributed by atoms with Crippen LogP contribution in [0.3, 0.4) is 0 Å². The number of halogens is 2. The first-order chi connectivity index (χ1) is 10.1. The molecule has 0 bridgehead atoms. The molecule has 21 heavy (non-hydrogen) atoms. The summed E-state index contributed by atoms with van der Waals surface area (Å²) < 4.78 is 0. The van der Waals surface area contributed by atoms with Crippen molar-refractivity contribution in [2.45, 2.75) is 19.4 Å². The number of benzene rings is 1. The molecule has 1 aromatic carbocycles. The number of amides is 1. The van der Waals surface area contributed by atoms with E-state index >= 15 is 0 Å². The molecule has 6 heteroatoms. The fourth-order valence-corrected chi connectivity index (χ4v) is 3.04. The normalized spacial score (nSPS) is 19.5. The Labute approximate surface area is 135 Å². The van der Waals surface area contributed by atoms with Gasteiger partial charge in [-0.2, -0.15) is 0 Å². The van der Waals surface area contributed by atoms with E-state index in [4.69, 9.17) is 28.9 Å². The van der Waals surface area contributed by atoms with Crippen molar-refractivity contribution in [2.75, 3.05) is 26.2 Å². The highest BCUT2D eigenvalue weighted by Gasteiger charge is 2.25. The van der Waals surface area contributed by atoms with Gasteiger partial charge in [0.15, 0.2) is 0 Å². The maximum absolute atomic E-state index is 12.0. The number of carbonyl (C=O) groups excluding carboxylic acids is 1. The lowest BCUT2D eigenvalue weighted by atomic mass is 9.96. The summed E-state index contributed by atoms with van der Waals surface area (Å²) in [5.41, 5.74) is 6.42. The van der Waals surface area contributed by atoms with E-state index in [0.29, 0.717) is 23.1 Å². The fourth-order valence-electron chi connectivity index (χ4n) is 2.66. The highest BCUT2D eigenvalue weighted by Crippen LogP contribution is 2.28. The number of carbonyl (C=O) groups is 1. The van der Waals surface area contributed by atoms with Gasteiger partial charge in [-0.15, -0.1) is 0 Å². The quantitative estimate of drug-likeness (QED) is 0.871. The molecule has 1 heterocycles. The lowest BCUT2D eigenvalue weighted by molar-refractivity contribution is -0.126. The monoisotopic (exact) mass is 329 g/mol. The van der Waals surface area contributed by atoms with E-state index in [9.17, 15) is 4.79 Å². The maximum Gasteiger partial charge on any atom is 0.224 e. The van der Waals surface area contributed by atoms with Crippen LogP contribution in [0, 0.1) is 5.92 Å². The summed E-state index contributed by atoms with van der Waals surface area (Å²) in [4.78, 5) is 14.3. The Hall–Kier alpha value is -0.810. The third-order valence-electron chi connectivity index (χ3n) is 3.75. The summed E-state index contributed by atoms with van der Waals surface area (Å²) in [5.74, 6) is 0.130. The second-order valence-corrected chi connectivity index (χ2v) is 6.15. The largest absolute Gasteiger partial charge is 0.355 e. The summed E-state index contributed by atoms with van der Waals surface area (Å²) in [6.45, 7) is 3.46. The molecule has 1 aromatic rings. The third-order valence-corrected chi connectivity index (χ3v) is 4.60. The van der Waals surface area contributed by atoms with Gasteiger partial charge < -0.3 is 11.1 Å². The molecular weight excluding hydrogens is 309 g/mol. The third kappa shape index (κ3) is 4.58. The number of nitrogens with one attached hydrogen (secondary N) is 1. The van der Waals surface area contributed by atoms with Crippen LogP contribution in [0.25, 0.3) is 0 Å². The van der Waals surface area contributed by atoms with Crippen molar-refractivity contribution in [1.82, 2.24) is 10.2 Å². The molecule has 1 aliphatic rings. The molecule has 116 valence electrons. The molecule has 1 atom stereocenters. The van der Waals surface area contributed by atoms with Gasteiger partial charge in [0, 0.05) is 26.2 Å². The van der Waals surface area contributed by atoms with Crippen LogP contribution in [-0.4, -0.2) is 37.0 Å². The Morgan fingerprint density at radius 3 is 3.00 bits per heavy atom. The average molecular weight is 330 g/mol. The van der Waals surface area contributed by atoms with Gasteiger partial charge in [0.25, 0.3) is 0 Å². The Morgan fingerprint density at radius 1 is 1.43 bits per heavy atom. The van der Waals surface area contributed by atoms with Crippen molar-refractivity contribution in [3.05, 3.63) is 33.8 Å². The van der Waals surface area contributed by atoms with Crippen molar-refractivity contribution in [3.63, 3.8) is 0 Å². The van der Waals surface area contributed by atoms with Crippen molar-refractivity contribution < 1.29 is 4.79 Å². The minimum atomic E-state index is 0.0308. The molecule has 0 saturated carbocycles. The lowest BCUT2D eigenvalue weighted by Crippen LogP contribution is -2.43. The smallest absolute Gasteiger partial charge is 0.224 e. The Bertz CT molecular complexity index is 496. The zero-order valence-electron chi connectivity index (χ0n) is 11.9. The second kappa shape index (κ2) is 7.99. The molecule has 1 fully saturated rings. The SMILES string of the molecule is NCCNC(=O)C1CCCN(Cc2cccc(Cl)c2Cl)C1. The number of hydrogen-bond donors (Lipinski definition) is 2. The predicted molar refractivity (Wildman–Crippen MR) is 86.5 cm³/mol. The van der Waals surface area contributed by atoms with E-state index in [1.54, 1.807) is 6.07 Å². The number of nitrogens with zero attached hydrogens (tertiary/aromatic N) is 1. The Kier molecular flexibility index (Phi) is 6.30. The van der Waals surface area contributed by atoms with Gasteiger partial charge in [0.05, 0.1) is 16.0 Å². The first-order valence-corrected chi connectivity index (χ1v) is 8.00. The molecular formula is C15H21Cl2N3O. The first kappa shape index (κ1) is 16.6. The molecule has 1 saturated heterocycles. The molecule has 1 unspecified atom stereocenters. The number of likely N-dealkylation sites (tertiary alicyclic amines) is 1. The summed E-state index contributed by atoms with van der Waals surface area (Å²) in [5, 5.41) is 4.05. The minimum Gasteiger partial charge on any atom is -0.355 e. The second-order valence-electron chi connectivity index (χ2n) is 5.37. The van der Waals surface area contributed by atoms with Gasteiger partial charge in [-0.25, -0.2) is 0 Å². The summed E-state index contributed by atoms with van der Waals surface area (Å²) in [7, 11) is 0. The number of nitrogens with two attached hydrogens (primary N) is 1. The molecule has 1 amide bonds. The van der Waals surface area contributed by atoms with Crippen LogP contribution in [0.5, 0.6) is 0 Å². The van der Waals surface area contributed by atoms with Crippen LogP contribution >= 0.6 is 23.2 Å². The minimum absolute atomic E-state index is 0.0308. The molecule has 4 nitrogen and oxygen atoms in total. The van der Waals surface area contributed by atoms with Gasteiger partial charge >= 0.3 is 0 Å². The van der Waals surface area contributed by atoms with E-state index in [-0.39, 0.29) is 11.8 Å². The molecule has 0 spiro atoms. The van der Waals surface area contributed by atoms with Gasteiger partial charge in [0.2, 0.25) is 5.91 Å². The highest BCUT2D eigenvalue weighted by molar-refractivity contribution is 6.42. The molecule has 1 aliphatic heterocycles. The maximum atomic E-state index is 12.0. The summed E-state index contributed by atoms with van der Waals surface area (Å²) in [6.07, 6.45) is 1.94. The first-order valence-electron chi connectivity index (χ1n) is 7.25. The molecule has 0 aliphatic carbocycles. The van der Waals surface area contributed by atoms with Gasteiger partial charge in [0.1, 0.15) is 0 Å². The zero-order chi connectivity index (χ0) is 15.2. The van der Waals surface area contributed by atoms with Gasteiger partial charge in [-0.05, 0) is 31.0 Å². The van der Waals surface area contributed by atoms with Crippen LogP contribution in [-0.2, 0) is 11.3 Å². The standard InChI is InChI=1S/C15H21Cl2N3O/c16-13-5-1-3-11(14(13)17)9-20-8-2-4-12(10-20)15(21)19-7-6-18/h1,3,5,12H,2,4,6-10,18H2,(H,19,21). The van der Waals surface area contributed by atoms with Crippen LogP contribution in [0.15, 0.2) is 18.2 Å². The van der Waals surface area contributed by atoms with Crippen molar-refractivity contribution >= 4 is 29.1 Å². The van der Waals surface area contributed by atoms with Crippen molar-refractivity contribution in [3.8, 4) is 0 Å². The molecule has 0 aromatic heterocycles. The highest BCUT2D eigenvalue weighted by atomic mass is 35.5. The number of rotatable bonds is 5. The van der Waals surface area contributed by atoms with E-state index in [2.05, 4.69) is 10.2 Å². The zero-order valence-corrected chi connectivity index (χ0v) is 13.5. The molecule has 0 radical (unpaired) electrons. The Balaban J connectivity index is 1.95. The summed E-state index contributed by atoms with van der Waals surface area (Å²) >= 11 is 12.3. The topological polar surface area (TPSA) is 58.4 Å². The predicted octanol–water partition coefficient (Wildman–Crippen LogP) is 2.28. The number of piperidine rings is 1. The van der Waals surface area contributed by atoms with Gasteiger partial charge in [-0.1, -0.05) is 35.3 Å². The lowest BCUT2D eigenvalue weighted by Gasteiger charge is -2.32. The Morgan fingerprint density at radius 2 is 2.24 bits per heavy atom. The number of hydrogen-bond acceptors (Lipinski definition) is 3. The van der Waals surface area contributed by atoms with Crippen molar-refractivity contribution in [1.29, 1.82) is 0 Å². The van der Waals surface area contributed by atoms with E-state index < -0.39 is 0 Å².